The van der Waals surface area contributed by atoms with Crippen LogP contribution in [0.3, 0.4) is 0 Å². The molecule has 1 unspecified atom stereocenters. The fourth-order valence-electron chi connectivity index (χ4n) is 1.40. The van der Waals surface area contributed by atoms with Gasteiger partial charge in [-0.3, -0.25) is 0 Å². The zero-order chi connectivity index (χ0) is 14.4. The van der Waals surface area contributed by atoms with Gasteiger partial charge in [-0.15, -0.1) is 0 Å². The van der Waals surface area contributed by atoms with E-state index < -0.39 is 44.7 Å². The van der Waals surface area contributed by atoms with Crippen molar-refractivity contribution in [3.05, 3.63) is 11.3 Å². The molecule has 1 heterocycles. The molecule has 1 fully saturated rings. The SMILES string of the molecule is C[Si](C)(C)OC1CC(=C(C(F)(F)F)C(F)(F)F)O1. The number of ether oxygens (including phenoxy) is 1. The van der Waals surface area contributed by atoms with E-state index >= 15 is 0 Å². The van der Waals surface area contributed by atoms with Gasteiger partial charge in [0.1, 0.15) is 5.76 Å². The topological polar surface area (TPSA) is 18.5 Å². The van der Waals surface area contributed by atoms with Crippen LogP contribution in [0.4, 0.5) is 26.3 Å². The monoisotopic (exact) mass is 294 g/mol. The molecule has 0 saturated carbocycles. The minimum atomic E-state index is -5.47. The molecule has 1 saturated heterocycles. The number of alkyl halides is 6. The standard InChI is InChI=1S/C9H12F6O2Si/c1-18(2,3)17-6-4-5(16-6)7(8(10,11)12)9(13,14)15/h6H,4H2,1-3H3. The highest BCUT2D eigenvalue weighted by atomic mass is 28.4. The van der Waals surface area contributed by atoms with E-state index in [9.17, 15) is 26.3 Å². The van der Waals surface area contributed by atoms with Gasteiger partial charge in [0.15, 0.2) is 20.2 Å². The largest absolute Gasteiger partial charge is 0.469 e. The Morgan fingerprint density at radius 3 is 1.78 bits per heavy atom. The van der Waals surface area contributed by atoms with Crippen LogP contribution in [0.2, 0.25) is 19.6 Å². The quantitative estimate of drug-likeness (QED) is 0.567. The van der Waals surface area contributed by atoms with Gasteiger partial charge < -0.3 is 9.16 Å². The van der Waals surface area contributed by atoms with Gasteiger partial charge in [-0.2, -0.15) is 26.3 Å². The molecule has 0 aromatic rings. The highest BCUT2D eigenvalue weighted by Crippen LogP contribution is 2.45. The summed E-state index contributed by atoms with van der Waals surface area (Å²) in [5, 5.41) is 0. The van der Waals surface area contributed by atoms with Gasteiger partial charge in [0.25, 0.3) is 0 Å². The van der Waals surface area contributed by atoms with Crippen LogP contribution < -0.4 is 0 Å². The average Bonchev–Trinajstić information content (AvgIpc) is 1.91. The highest BCUT2D eigenvalue weighted by molar-refractivity contribution is 6.69. The normalized spacial score (nSPS) is 21.4. The molecule has 18 heavy (non-hydrogen) atoms. The number of allylic oxidation sites excluding steroid dienone is 1. The summed E-state index contributed by atoms with van der Waals surface area (Å²) in [5.74, 6) is -1.10. The molecule has 0 radical (unpaired) electrons. The first-order valence-electron chi connectivity index (χ1n) is 5.03. The Balaban J connectivity index is 2.83. The predicted octanol–water partition coefficient (Wildman–Crippen LogP) is 3.96. The maximum absolute atomic E-state index is 12.3. The summed E-state index contributed by atoms with van der Waals surface area (Å²) < 4.78 is 83.3. The van der Waals surface area contributed by atoms with E-state index in [0.717, 1.165) is 0 Å². The molecule has 9 heteroatoms. The van der Waals surface area contributed by atoms with E-state index in [2.05, 4.69) is 4.74 Å². The zero-order valence-electron chi connectivity index (χ0n) is 9.87. The van der Waals surface area contributed by atoms with Crippen molar-refractivity contribution in [1.29, 1.82) is 0 Å². The number of hydrogen-bond donors (Lipinski definition) is 0. The Labute approximate surface area is 101 Å². The zero-order valence-corrected chi connectivity index (χ0v) is 10.9. The van der Waals surface area contributed by atoms with Gasteiger partial charge in [-0.25, -0.2) is 0 Å². The van der Waals surface area contributed by atoms with Crippen molar-refractivity contribution < 1.29 is 35.5 Å². The van der Waals surface area contributed by atoms with E-state index in [0.29, 0.717) is 0 Å². The second-order valence-corrected chi connectivity index (χ2v) is 9.24. The smallest absolute Gasteiger partial charge is 0.424 e. The fraction of sp³-hybridized carbons (Fsp3) is 0.778. The summed E-state index contributed by atoms with van der Waals surface area (Å²) in [6.07, 6.45) is -12.5. The van der Waals surface area contributed by atoms with Crippen LogP contribution in [0, 0.1) is 0 Å². The maximum atomic E-state index is 12.3. The van der Waals surface area contributed by atoms with Crippen LogP contribution in [0.1, 0.15) is 6.42 Å². The Kier molecular flexibility index (Phi) is 3.79. The van der Waals surface area contributed by atoms with Gasteiger partial charge in [-0.1, -0.05) is 0 Å². The van der Waals surface area contributed by atoms with Crippen molar-refractivity contribution in [2.75, 3.05) is 0 Å². The third kappa shape index (κ3) is 3.90. The summed E-state index contributed by atoms with van der Waals surface area (Å²) in [5.41, 5.74) is -2.58. The minimum absolute atomic E-state index is 0.501. The molecule has 1 rings (SSSR count). The highest BCUT2D eigenvalue weighted by Gasteiger charge is 2.56. The summed E-state index contributed by atoms with van der Waals surface area (Å²) in [6, 6.07) is 0. The van der Waals surface area contributed by atoms with Gasteiger partial charge in [-0.05, 0) is 19.6 Å². The summed E-state index contributed by atoms with van der Waals surface area (Å²) in [7, 11) is -2.06. The van der Waals surface area contributed by atoms with E-state index in [1.54, 1.807) is 19.6 Å². The van der Waals surface area contributed by atoms with Crippen LogP contribution in [-0.2, 0) is 9.16 Å². The van der Waals surface area contributed by atoms with Crippen LogP contribution in [0.25, 0.3) is 0 Å². The molecule has 0 aromatic carbocycles. The first-order valence-corrected chi connectivity index (χ1v) is 8.43. The van der Waals surface area contributed by atoms with E-state index in [4.69, 9.17) is 4.43 Å². The molecule has 0 amide bonds. The van der Waals surface area contributed by atoms with E-state index in [-0.39, 0.29) is 0 Å². The molecule has 0 spiro atoms. The number of hydrogen-bond acceptors (Lipinski definition) is 2. The Morgan fingerprint density at radius 1 is 1.11 bits per heavy atom. The molecule has 1 aliphatic rings. The summed E-state index contributed by atoms with van der Waals surface area (Å²) >= 11 is 0. The van der Waals surface area contributed by atoms with Gasteiger partial charge in [0, 0.05) is 0 Å². The molecule has 0 aliphatic carbocycles. The van der Waals surface area contributed by atoms with Crippen LogP contribution in [0.5, 0.6) is 0 Å². The average molecular weight is 294 g/mol. The van der Waals surface area contributed by atoms with Crippen molar-refractivity contribution in [2.45, 2.75) is 44.7 Å². The van der Waals surface area contributed by atoms with Crippen molar-refractivity contribution in [3.63, 3.8) is 0 Å². The molecule has 2 nitrogen and oxygen atoms in total. The number of rotatable bonds is 2. The molecule has 0 bridgehead atoms. The lowest BCUT2D eigenvalue weighted by molar-refractivity contribution is -0.192. The van der Waals surface area contributed by atoms with E-state index in [1.807, 2.05) is 0 Å². The molecular formula is C9H12F6O2Si. The Morgan fingerprint density at radius 2 is 1.50 bits per heavy atom. The third-order valence-corrected chi connectivity index (χ3v) is 2.93. The maximum Gasteiger partial charge on any atom is 0.424 e. The van der Waals surface area contributed by atoms with Gasteiger partial charge in [0.05, 0.1) is 6.42 Å². The predicted molar refractivity (Wildman–Crippen MR) is 53.1 cm³/mol. The van der Waals surface area contributed by atoms with Crippen molar-refractivity contribution in [1.82, 2.24) is 0 Å². The lowest BCUT2D eigenvalue weighted by Crippen LogP contribution is -2.41. The summed E-state index contributed by atoms with van der Waals surface area (Å²) in [6.45, 7) is 5.27. The van der Waals surface area contributed by atoms with Crippen LogP contribution in [0.15, 0.2) is 11.3 Å². The van der Waals surface area contributed by atoms with Crippen molar-refractivity contribution in [3.8, 4) is 0 Å². The molecule has 1 aliphatic heterocycles. The first kappa shape index (κ1) is 15.4. The van der Waals surface area contributed by atoms with Crippen LogP contribution in [-0.4, -0.2) is 27.0 Å². The second kappa shape index (κ2) is 4.44. The number of halogens is 6. The van der Waals surface area contributed by atoms with Crippen molar-refractivity contribution in [2.24, 2.45) is 0 Å². The fourth-order valence-corrected chi connectivity index (χ4v) is 2.32. The first-order chi connectivity index (χ1) is 7.81. The third-order valence-electron chi connectivity index (χ3n) is 1.96. The molecule has 0 N–H and O–H groups in total. The lowest BCUT2D eigenvalue weighted by Gasteiger charge is -2.37. The van der Waals surface area contributed by atoms with Gasteiger partial charge in [0.2, 0.25) is 0 Å². The van der Waals surface area contributed by atoms with Gasteiger partial charge >= 0.3 is 12.4 Å². The minimum Gasteiger partial charge on any atom is -0.469 e. The molecular weight excluding hydrogens is 282 g/mol. The second-order valence-electron chi connectivity index (χ2n) is 4.78. The Hall–Kier alpha value is -0.703. The lowest BCUT2D eigenvalue weighted by atomic mass is 10.1. The van der Waals surface area contributed by atoms with Crippen LogP contribution >= 0.6 is 0 Å². The molecule has 1 atom stereocenters. The summed E-state index contributed by atoms with van der Waals surface area (Å²) in [4.78, 5) is 0. The Bertz CT molecular complexity index is 328. The molecule has 0 aromatic heterocycles. The van der Waals surface area contributed by atoms with Crippen molar-refractivity contribution >= 4 is 8.32 Å². The molecule has 106 valence electrons. The van der Waals surface area contributed by atoms with E-state index in [1.165, 1.54) is 0 Å².